The minimum atomic E-state index is -2.42. The van der Waals surface area contributed by atoms with E-state index in [1.807, 2.05) is 37.4 Å². The molecule has 0 unspecified atom stereocenters. The van der Waals surface area contributed by atoms with E-state index in [9.17, 15) is 14.7 Å². The molecule has 7 rings (SSSR count). The number of nitriles is 1. The molecule has 2 aliphatic rings. The van der Waals surface area contributed by atoms with Gasteiger partial charge in [-0.05, 0) is 79.4 Å². The van der Waals surface area contributed by atoms with Crippen molar-refractivity contribution < 1.29 is 23.5 Å². The number of hydrogen-bond acceptors (Lipinski definition) is 6. The predicted molar refractivity (Wildman–Crippen MR) is 203 cm³/mol. The molecule has 4 heterocycles. The summed E-state index contributed by atoms with van der Waals surface area (Å²) in [6.07, 6.45) is 1.27. The second-order valence-corrected chi connectivity index (χ2v) is 13.5. The van der Waals surface area contributed by atoms with E-state index in [2.05, 4.69) is 56.9 Å². The minimum absolute atomic E-state index is 0.00292. The van der Waals surface area contributed by atoms with E-state index in [1.54, 1.807) is 18.2 Å². The van der Waals surface area contributed by atoms with E-state index in [0.717, 1.165) is 71.9 Å². The van der Waals surface area contributed by atoms with Crippen LogP contribution >= 0.6 is 11.6 Å². The molecule has 2 amide bonds. The second kappa shape index (κ2) is 15.9. The molecule has 1 atom stereocenters. The van der Waals surface area contributed by atoms with E-state index in [0.29, 0.717) is 34.9 Å². The summed E-state index contributed by atoms with van der Waals surface area (Å²) in [5.74, 6) is 0.250. The fourth-order valence-electron chi connectivity index (χ4n) is 6.93. The largest absolute Gasteiger partial charge is 0.508 e. The van der Waals surface area contributed by atoms with Gasteiger partial charge in [0.15, 0.2) is 0 Å². The number of morpholine rings is 1. The lowest BCUT2D eigenvalue weighted by atomic mass is 9.92. The zero-order valence-electron chi connectivity index (χ0n) is 32.4. The highest BCUT2D eigenvalue weighted by molar-refractivity contribution is 6.31. The topological polar surface area (TPSA) is 116 Å². The number of nitrogens with zero attached hydrogens (tertiary/aromatic N) is 5. The Hall–Kier alpha value is -5.34. The number of rotatable bonds is 7. The molecule has 11 heteroatoms. The first-order valence-electron chi connectivity index (χ1n) is 18.6. The lowest BCUT2D eigenvalue weighted by Gasteiger charge is -2.40. The molecule has 2 aliphatic heterocycles. The summed E-state index contributed by atoms with van der Waals surface area (Å²) in [5, 5.41) is 21.5. The third-order valence-electron chi connectivity index (χ3n) is 9.97. The number of phenols is 1. The maximum absolute atomic E-state index is 14.5. The van der Waals surface area contributed by atoms with Crippen LogP contribution in [0.2, 0.25) is 5.02 Å². The van der Waals surface area contributed by atoms with E-state index in [1.165, 1.54) is 24.1 Å². The number of amides is 2. The summed E-state index contributed by atoms with van der Waals surface area (Å²) in [6, 6.07) is 26.5. The van der Waals surface area contributed by atoms with Gasteiger partial charge in [-0.25, -0.2) is 0 Å². The maximum Gasteiger partial charge on any atom is 0.255 e. The Bertz CT molecular complexity index is 2240. The molecule has 1 saturated heterocycles. The molecule has 5 aromatic rings. The number of benzene rings is 3. The summed E-state index contributed by atoms with van der Waals surface area (Å²) in [7, 11) is 2.02. The third-order valence-corrected chi connectivity index (χ3v) is 10.2. The van der Waals surface area contributed by atoms with E-state index in [-0.39, 0.29) is 23.4 Å². The van der Waals surface area contributed by atoms with Gasteiger partial charge in [-0.15, -0.1) is 0 Å². The predicted octanol–water partition coefficient (Wildman–Crippen LogP) is 6.70. The SMILES string of the molecule is Cc1c(-c2ccc(O)cc2)cc(-c2cc(Cl)ccc2C(=O)N2Cc3ccccc3C[C@H]2CN2CCOCC2)n1C.[2H]C([2H])([2H])n1c(C#N)cc(NC=O)c1C. The van der Waals surface area contributed by atoms with Crippen molar-refractivity contribution in [1.82, 2.24) is 18.9 Å². The molecule has 10 nitrogen and oxygen atoms in total. The van der Waals surface area contributed by atoms with Gasteiger partial charge in [-0.2, -0.15) is 5.26 Å². The molecule has 0 aliphatic carbocycles. The van der Waals surface area contributed by atoms with Crippen LogP contribution in [-0.2, 0) is 36.5 Å². The summed E-state index contributed by atoms with van der Waals surface area (Å²) in [4.78, 5) is 29.2. The highest BCUT2D eigenvalue weighted by atomic mass is 35.5. The maximum atomic E-state index is 14.5. The van der Waals surface area contributed by atoms with Gasteiger partial charge in [0.05, 0.1) is 18.9 Å². The number of fused-ring (bicyclic) bond motifs is 1. The zero-order valence-corrected chi connectivity index (χ0v) is 30.2. The van der Waals surface area contributed by atoms with Crippen LogP contribution in [0.5, 0.6) is 5.75 Å². The van der Waals surface area contributed by atoms with Gasteiger partial charge in [-0.1, -0.05) is 48.0 Å². The van der Waals surface area contributed by atoms with Gasteiger partial charge >= 0.3 is 0 Å². The lowest BCUT2D eigenvalue weighted by molar-refractivity contribution is -0.105. The standard InChI is InChI=1S/C33H34ClN3O3.C8H9N3O/c1-22-30(23-7-10-28(38)11-8-23)19-32(35(22)2)31-18-26(34)9-12-29(31)33(39)37-20-25-6-4-3-5-24(25)17-27(37)21-36-13-15-40-16-14-36;1-6-8(10-5-12)3-7(4-9)11(6)2/h3-12,18-19,27,38H,13-17,20-21H2,1-2H3;3,5H,1-2H3,(H,10,12)/t27-;/m0./s1/i;2D3. The molecule has 1 fully saturated rings. The molecular formula is C41H43ClN6O4. The van der Waals surface area contributed by atoms with Crippen LogP contribution < -0.4 is 5.32 Å². The zero-order chi connectivity index (χ0) is 39.4. The van der Waals surface area contributed by atoms with Crippen LogP contribution in [0.4, 0.5) is 5.69 Å². The fourth-order valence-corrected chi connectivity index (χ4v) is 7.10. The molecule has 0 bridgehead atoms. The first kappa shape index (κ1) is 32.6. The van der Waals surface area contributed by atoms with Crippen LogP contribution in [0, 0.1) is 25.2 Å². The molecule has 268 valence electrons. The van der Waals surface area contributed by atoms with Crippen molar-refractivity contribution in [2.24, 2.45) is 14.0 Å². The summed E-state index contributed by atoms with van der Waals surface area (Å²) < 4.78 is 30.3. The number of nitrogens with one attached hydrogen (secondary N) is 1. The van der Waals surface area contributed by atoms with Crippen molar-refractivity contribution in [1.29, 1.82) is 5.26 Å². The normalized spacial score (nSPS) is 16.7. The third kappa shape index (κ3) is 7.63. The van der Waals surface area contributed by atoms with Gasteiger partial charge in [-0.3, -0.25) is 14.5 Å². The number of carbonyl (C=O) groups excluding carboxylic acids is 2. The van der Waals surface area contributed by atoms with Crippen LogP contribution in [0.25, 0.3) is 22.4 Å². The summed E-state index contributed by atoms with van der Waals surface area (Å²) in [5.41, 5.74) is 8.69. The van der Waals surface area contributed by atoms with Crippen LogP contribution in [0.15, 0.2) is 78.9 Å². The second-order valence-electron chi connectivity index (χ2n) is 13.0. The first-order valence-corrected chi connectivity index (χ1v) is 17.4. The van der Waals surface area contributed by atoms with Crippen LogP contribution in [0.1, 0.15) is 42.7 Å². The van der Waals surface area contributed by atoms with Crippen LogP contribution in [-0.4, -0.2) is 75.2 Å². The molecule has 2 N–H and O–H groups in total. The molecule has 0 spiro atoms. The van der Waals surface area contributed by atoms with E-state index in [4.69, 9.17) is 25.7 Å². The fraction of sp³-hybridized carbons (Fsp3) is 0.293. The average molecular weight is 722 g/mol. The number of hydrogen-bond donors (Lipinski definition) is 2. The average Bonchev–Trinajstić information content (AvgIpc) is 3.66. The van der Waals surface area contributed by atoms with Gasteiger partial charge in [0.1, 0.15) is 17.5 Å². The molecule has 52 heavy (non-hydrogen) atoms. The smallest absolute Gasteiger partial charge is 0.255 e. The Morgan fingerprint density at radius 2 is 1.75 bits per heavy atom. The Labute approximate surface area is 313 Å². The van der Waals surface area contributed by atoms with Crippen molar-refractivity contribution in [3.8, 4) is 34.2 Å². The Morgan fingerprint density at radius 1 is 1.02 bits per heavy atom. The van der Waals surface area contributed by atoms with Crippen molar-refractivity contribution in [3.05, 3.63) is 118 Å². The van der Waals surface area contributed by atoms with Crippen molar-refractivity contribution in [2.45, 2.75) is 32.9 Å². The summed E-state index contributed by atoms with van der Waals surface area (Å²) >= 11 is 6.53. The van der Waals surface area contributed by atoms with Crippen molar-refractivity contribution >= 4 is 29.6 Å². The van der Waals surface area contributed by atoms with Gasteiger partial charge < -0.3 is 29.2 Å². The first-order chi connectivity index (χ1) is 26.3. The number of halogens is 1. The van der Waals surface area contributed by atoms with Crippen molar-refractivity contribution in [3.63, 3.8) is 0 Å². The highest BCUT2D eigenvalue weighted by Gasteiger charge is 2.33. The van der Waals surface area contributed by atoms with Gasteiger partial charge in [0.2, 0.25) is 6.41 Å². The van der Waals surface area contributed by atoms with E-state index < -0.39 is 6.98 Å². The molecule has 3 aromatic carbocycles. The Balaban J connectivity index is 0.000000289. The number of ether oxygens (including phenoxy) is 1. The molecule has 0 radical (unpaired) electrons. The van der Waals surface area contributed by atoms with E-state index >= 15 is 0 Å². The minimum Gasteiger partial charge on any atom is -0.508 e. The monoisotopic (exact) mass is 721 g/mol. The highest BCUT2D eigenvalue weighted by Crippen LogP contribution is 2.36. The number of aromatic nitrogens is 2. The molecule has 0 saturated carbocycles. The van der Waals surface area contributed by atoms with Crippen LogP contribution in [0.3, 0.4) is 0 Å². The number of carbonyl (C=O) groups is 2. The summed E-state index contributed by atoms with van der Waals surface area (Å²) in [6.45, 7) is 5.81. The quantitative estimate of drug-likeness (QED) is 0.181. The Morgan fingerprint density at radius 3 is 2.42 bits per heavy atom. The lowest BCUT2D eigenvalue weighted by Crippen LogP contribution is -2.52. The molecule has 2 aromatic heterocycles. The number of anilines is 1. The van der Waals surface area contributed by atoms with Gasteiger partial charge in [0, 0.05) is 89.2 Å². The van der Waals surface area contributed by atoms with Gasteiger partial charge in [0.25, 0.3) is 5.91 Å². The van der Waals surface area contributed by atoms with Crippen molar-refractivity contribution in [2.75, 3.05) is 38.2 Å². The number of aromatic hydroxyl groups is 1. The number of phenolic OH excluding ortho intramolecular Hbond substituents is 1. The molecular weight excluding hydrogens is 676 g/mol. The Kier molecular flexibility index (Phi) is 9.96.